The van der Waals surface area contributed by atoms with Gasteiger partial charge in [-0.15, -0.1) is 0 Å². The fourth-order valence-electron chi connectivity index (χ4n) is 3.20. The molecule has 2 N–H and O–H groups in total. The summed E-state index contributed by atoms with van der Waals surface area (Å²) in [6, 6.07) is 2.00. The number of rotatable bonds is 5. The third-order valence-electron chi connectivity index (χ3n) is 4.53. The summed E-state index contributed by atoms with van der Waals surface area (Å²) in [5.41, 5.74) is 0.0847. The highest BCUT2D eigenvalue weighted by Gasteiger charge is 2.32. The Bertz CT molecular complexity index is 578. The Hall–Kier alpha value is -1.89. The van der Waals surface area contributed by atoms with E-state index < -0.39 is 17.7 Å². The van der Waals surface area contributed by atoms with Gasteiger partial charge in [0.1, 0.15) is 5.69 Å². The van der Waals surface area contributed by atoms with E-state index in [1.807, 2.05) is 0 Å². The molecule has 1 heterocycles. The maximum Gasteiger partial charge on any atom is 0.322 e. The molecule has 1 aliphatic heterocycles. The lowest BCUT2D eigenvalue weighted by Crippen LogP contribution is -2.38. The maximum absolute atomic E-state index is 14.4. The summed E-state index contributed by atoms with van der Waals surface area (Å²) >= 11 is 0. The highest BCUT2D eigenvalue weighted by molar-refractivity contribution is 5.90. The van der Waals surface area contributed by atoms with Crippen molar-refractivity contribution in [2.45, 2.75) is 38.1 Å². The highest BCUT2D eigenvalue weighted by atomic mass is 19.1. The van der Waals surface area contributed by atoms with Gasteiger partial charge in [0.25, 0.3) is 0 Å². The second kappa shape index (κ2) is 7.34. The molecule has 0 radical (unpaired) electrons. The van der Waals surface area contributed by atoms with E-state index in [1.54, 1.807) is 4.90 Å². The van der Waals surface area contributed by atoms with Crippen molar-refractivity contribution in [3.8, 4) is 0 Å². The predicted molar refractivity (Wildman–Crippen MR) is 88.3 cm³/mol. The summed E-state index contributed by atoms with van der Waals surface area (Å²) in [6.07, 6.45) is 4.72. The molecule has 2 aliphatic rings. The first kappa shape index (κ1) is 17.0. The zero-order valence-corrected chi connectivity index (χ0v) is 13.6. The molecule has 0 spiro atoms. The van der Waals surface area contributed by atoms with Gasteiger partial charge in [-0.1, -0.05) is 0 Å². The molecule has 24 heavy (non-hydrogen) atoms. The van der Waals surface area contributed by atoms with Crippen molar-refractivity contribution >= 4 is 17.4 Å². The second-order valence-corrected chi connectivity index (χ2v) is 6.41. The standard InChI is InChI=1S/C17H23F2N3O2/c18-14-10-12(20-17(24)22(8-9-23)13-4-5-13)11-15(19)16(14)21-6-2-1-3-7-21/h10-11,13,23H,1-9H2,(H,20,24). The van der Waals surface area contributed by atoms with Gasteiger partial charge in [-0.3, -0.25) is 0 Å². The second-order valence-electron chi connectivity index (χ2n) is 6.41. The van der Waals surface area contributed by atoms with Crippen LogP contribution in [-0.2, 0) is 0 Å². The average molecular weight is 339 g/mol. The largest absolute Gasteiger partial charge is 0.395 e. The van der Waals surface area contributed by atoms with Crippen LogP contribution in [-0.4, -0.2) is 48.3 Å². The summed E-state index contributed by atoms with van der Waals surface area (Å²) in [4.78, 5) is 15.5. The fourth-order valence-corrected chi connectivity index (χ4v) is 3.20. The molecular formula is C17H23F2N3O2. The zero-order valence-electron chi connectivity index (χ0n) is 13.6. The monoisotopic (exact) mass is 339 g/mol. The molecule has 1 aliphatic carbocycles. The lowest BCUT2D eigenvalue weighted by molar-refractivity contribution is 0.185. The van der Waals surface area contributed by atoms with Crippen molar-refractivity contribution in [3.05, 3.63) is 23.8 Å². The molecular weight excluding hydrogens is 316 g/mol. The van der Waals surface area contributed by atoms with E-state index in [-0.39, 0.29) is 30.6 Å². The Morgan fingerprint density at radius 3 is 2.38 bits per heavy atom. The van der Waals surface area contributed by atoms with Gasteiger partial charge in [0.05, 0.1) is 6.61 Å². The molecule has 7 heteroatoms. The summed E-state index contributed by atoms with van der Waals surface area (Å²) in [5.74, 6) is -1.32. The van der Waals surface area contributed by atoms with Crippen LogP contribution in [0.3, 0.4) is 0 Å². The summed E-state index contributed by atoms with van der Waals surface area (Å²) < 4.78 is 28.8. The number of hydrogen-bond acceptors (Lipinski definition) is 3. The third kappa shape index (κ3) is 3.77. The van der Waals surface area contributed by atoms with E-state index in [9.17, 15) is 13.6 Å². The van der Waals surface area contributed by atoms with Gasteiger partial charge in [0.2, 0.25) is 0 Å². The summed E-state index contributed by atoms with van der Waals surface area (Å²) in [7, 11) is 0. The van der Waals surface area contributed by atoms with E-state index in [2.05, 4.69) is 5.32 Å². The average Bonchev–Trinajstić information content (AvgIpc) is 3.37. The molecule has 0 unspecified atom stereocenters. The molecule has 1 saturated carbocycles. The molecule has 1 saturated heterocycles. The molecule has 1 aromatic rings. The van der Waals surface area contributed by atoms with Gasteiger partial charge >= 0.3 is 6.03 Å². The number of hydrogen-bond donors (Lipinski definition) is 2. The van der Waals surface area contributed by atoms with Crippen molar-refractivity contribution < 1.29 is 18.7 Å². The summed E-state index contributed by atoms with van der Waals surface area (Å²) in [6.45, 7) is 1.37. The van der Waals surface area contributed by atoms with Crippen LogP contribution < -0.4 is 10.2 Å². The van der Waals surface area contributed by atoms with Crippen LogP contribution in [0.15, 0.2) is 12.1 Å². The van der Waals surface area contributed by atoms with Crippen molar-refractivity contribution in [3.63, 3.8) is 0 Å². The molecule has 0 aromatic heterocycles. The number of urea groups is 1. The smallest absolute Gasteiger partial charge is 0.322 e. The van der Waals surface area contributed by atoms with Crippen molar-refractivity contribution in [1.29, 1.82) is 0 Å². The number of halogens is 2. The van der Waals surface area contributed by atoms with Crippen molar-refractivity contribution in [2.24, 2.45) is 0 Å². The number of amides is 2. The van der Waals surface area contributed by atoms with E-state index in [1.165, 1.54) is 4.90 Å². The number of carbonyl (C=O) groups excluding carboxylic acids is 1. The molecule has 2 fully saturated rings. The predicted octanol–water partition coefficient (Wildman–Crippen LogP) is 2.94. The first-order valence-corrected chi connectivity index (χ1v) is 8.52. The number of anilines is 2. The SMILES string of the molecule is O=C(Nc1cc(F)c(N2CCCCC2)c(F)c1)N(CCO)C1CC1. The van der Waals surface area contributed by atoms with Crippen molar-refractivity contribution in [2.75, 3.05) is 36.5 Å². The molecule has 0 bridgehead atoms. The Morgan fingerprint density at radius 2 is 1.83 bits per heavy atom. The minimum Gasteiger partial charge on any atom is -0.395 e. The Morgan fingerprint density at radius 1 is 1.21 bits per heavy atom. The molecule has 5 nitrogen and oxygen atoms in total. The van der Waals surface area contributed by atoms with Crippen LogP contribution in [0.2, 0.25) is 0 Å². The van der Waals surface area contributed by atoms with E-state index in [0.717, 1.165) is 44.2 Å². The first-order chi connectivity index (χ1) is 11.6. The normalized spacial score (nSPS) is 17.7. The van der Waals surface area contributed by atoms with Gasteiger partial charge in [-0.25, -0.2) is 13.6 Å². The lowest BCUT2D eigenvalue weighted by Gasteiger charge is -2.29. The van der Waals surface area contributed by atoms with Crippen LogP contribution in [0.5, 0.6) is 0 Å². The number of benzene rings is 1. The van der Waals surface area contributed by atoms with Crippen LogP contribution in [0, 0.1) is 11.6 Å². The molecule has 2 amide bonds. The van der Waals surface area contributed by atoms with Gasteiger partial charge in [0, 0.05) is 31.4 Å². The third-order valence-corrected chi connectivity index (χ3v) is 4.53. The quantitative estimate of drug-likeness (QED) is 0.867. The molecule has 1 aromatic carbocycles. The fraction of sp³-hybridized carbons (Fsp3) is 0.588. The molecule has 132 valence electrons. The molecule has 3 rings (SSSR count). The van der Waals surface area contributed by atoms with Gasteiger partial charge in [-0.2, -0.15) is 0 Å². The number of nitrogens with one attached hydrogen (secondary N) is 1. The maximum atomic E-state index is 14.4. The number of aliphatic hydroxyl groups excluding tert-OH is 1. The topological polar surface area (TPSA) is 55.8 Å². The van der Waals surface area contributed by atoms with Crippen LogP contribution >= 0.6 is 0 Å². The number of carbonyl (C=O) groups is 1. The lowest BCUT2D eigenvalue weighted by atomic mass is 10.1. The minimum atomic E-state index is -0.660. The van der Waals surface area contributed by atoms with Crippen molar-refractivity contribution in [1.82, 2.24) is 4.90 Å². The highest BCUT2D eigenvalue weighted by Crippen LogP contribution is 2.30. The van der Waals surface area contributed by atoms with Gasteiger partial charge in [0.15, 0.2) is 11.6 Å². The minimum absolute atomic E-state index is 0.0119. The Kier molecular flexibility index (Phi) is 5.18. The van der Waals surface area contributed by atoms with Crippen LogP contribution in [0.25, 0.3) is 0 Å². The van der Waals surface area contributed by atoms with E-state index >= 15 is 0 Å². The Balaban J connectivity index is 1.73. The summed E-state index contributed by atoms with van der Waals surface area (Å²) in [5, 5.41) is 11.6. The van der Waals surface area contributed by atoms with E-state index in [0.29, 0.717) is 13.1 Å². The number of aliphatic hydroxyl groups is 1. The number of piperidine rings is 1. The zero-order chi connectivity index (χ0) is 17.1. The van der Waals surface area contributed by atoms with Gasteiger partial charge in [-0.05, 0) is 44.2 Å². The first-order valence-electron chi connectivity index (χ1n) is 8.52. The van der Waals surface area contributed by atoms with Crippen LogP contribution in [0.1, 0.15) is 32.1 Å². The molecule has 0 atom stereocenters. The number of nitrogens with zero attached hydrogens (tertiary/aromatic N) is 2. The van der Waals surface area contributed by atoms with E-state index in [4.69, 9.17) is 5.11 Å². The Labute approximate surface area is 140 Å². The van der Waals surface area contributed by atoms with Gasteiger partial charge < -0.3 is 20.2 Å². The van der Waals surface area contributed by atoms with Crippen LogP contribution in [0.4, 0.5) is 25.0 Å².